The number of ether oxygens (including phenoxy) is 1. The largest absolute Gasteiger partial charge is 0.479 e. The van der Waals surface area contributed by atoms with E-state index >= 15 is 0 Å². The van der Waals surface area contributed by atoms with Gasteiger partial charge in [0.2, 0.25) is 0 Å². The van der Waals surface area contributed by atoms with Crippen LogP contribution >= 0.6 is 11.8 Å². The van der Waals surface area contributed by atoms with Crippen molar-refractivity contribution in [3.63, 3.8) is 0 Å². The zero-order valence-electron chi connectivity index (χ0n) is 15.1. The van der Waals surface area contributed by atoms with Crippen LogP contribution in [0.4, 0.5) is 14.5 Å². The van der Waals surface area contributed by atoms with E-state index in [0.717, 1.165) is 0 Å². The first kappa shape index (κ1) is 21.9. The Morgan fingerprint density at radius 3 is 2.52 bits per heavy atom. The maximum atomic E-state index is 12.3. The van der Waals surface area contributed by atoms with Gasteiger partial charge in [0, 0.05) is 10.6 Å². The highest BCUT2D eigenvalue weighted by Crippen LogP contribution is 2.26. The zero-order valence-corrected chi connectivity index (χ0v) is 16.0. The van der Waals surface area contributed by atoms with E-state index in [1.807, 2.05) is 0 Å². The van der Waals surface area contributed by atoms with Crippen molar-refractivity contribution in [1.82, 2.24) is 0 Å². The van der Waals surface area contributed by atoms with Gasteiger partial charge in [-0.3, -0.25) is 4.79 Å². The van der Waals surface area contributed by atoms with E-state index in [2.05, 4.69) is 5.32 Å². The zero-order chi connectivity index (χ0) is 21.4. The number of nitrogens with zero attached hydrogens (tertiary/aromatic N) is 1. The number of carbonyl (C=O) groups excluding carboxylic acids is 1. The molecule has 2 rings (SSSR count). The summed E-state index contributed by atoms with van der Waals surface area (Å²) >= 11 is 0.387. The Balaban J connectivity index is 2.12. The van der Waals surface area contributed by atoms with Gasteiger partial charge in [0.1, 0.15) is 17.4 Å². The van der Waals surface area contributed by atoms with E-state index < -0.39 is 23.7 Å². The number of carbonyl (C=O) groups is 2. The van der Waals surface area contributed by atoms with E-state index in [0.29, 0.717) is 27.9 Å². The molecule has 2 aromatic carbocycles. The molecule has 0 aliphatic heterocycles. The summed E-state index contributed by atoms with van der Waals surface area (Å²) in [5.74, 6) is -4.06. The van der Waals surface area contributed by atoms with E-state index in [1.165, 1.54) is 43.3 Å². The molecule has 2 N–H and O–H groups in total. The molecular formula is C20H16F2N2O4S. The molecule has 0 heterocycles. The number of benzene rings is 2. The van der Waals surface area contributed by atoms with Crippen LogP contribution in [-0.2, 0) is 9.59 Å². The highest BCUT2D eigenvalue weighted by atomic mass is 32.2. The summed E-state index contributed by atoms with van der Waals surface area (Å²) in [5.41, 5.74) is 0.622. The number of nitriles is 1. The number of alkyl halides is 2. The minimum absolute atomic E-state index is 0.195. The molecular weight excluding hydrogens is 402 g/mol. The Hall–Kier alpha value is -3.38. The fourth-order valence-electron chi connectivity index (χ4n) is 2.17. The molecule has 1 amide bonds. The van der Waals surface area contributed by atoms with Crippen molar-refractivity contribution in [2.24, 2.45) is 0 Å². The lowest BCUT2D eigenvalue weighted by Gasteiger charge is -2.10. The number of halogens is 2. The molecule has 1 unspecified atom stereocenters. The first-order chi connectivity index (χ1) is 13.8. The molecule has 1 atom stereocenters. The number of amides is 1. The van der Waals surface area contributed by atoms with Gasteiger partial charge in [-0.05, 0) is 55.0 Å². The second kappa shape index (κ2) is 10.2. The number of carboxylic acids is 1. The van der Waals surface area contributed by atoms with Gasteiger partial charge in [-0.2, -0.15) is 14.0 Å². The third-order valence-electron chi connectivity index (χ3n) is 3.53. The second-order valence-corrected chi connectivity index (χ2v) is 6.76. The third kappa shape index (κ3) is 6.93. The van der Waals surface area contributed by atoms with Gasteiger partial charge in [0.05, 0.1) is 0 Å². The average molecular weight is 418 g/mol. The molecule has 0 aliphatic carbocycles. The average Bonchev–Trinajstić information content (AvgIpc) is 2.67. The van der Waals surface area contributed by atoms with Gasteiger partial charge < -0.3 is 15.2 Å². The van der Waals surface area contributed by atoms with Gasteiger partial charge in [0.25, 0.3) is 11.7 Å². The van der Waals surface area contributed by atoms with E-state index in [1.54, 1.807) is 24.3 Å². The Morgan fingerprint density at radius 2 is 1.93 bits per heavy atom. The molecule has 6 nitrogen and oxygen atoms in total. The van der Waals surface area contributed by atoms with Crippen LogP contribution in [0.15, 0.2) is 59.0 Å². The van der Waals surface area contributed by atoms with Crippen LogP contribution in [0.2, 0.25) is 0 Å². The summed E-state index contributed by atoms with van der Waals surface area (Å²) in [7, 11) is 0. The lowest BCUT2D eigenvalue weighted by Crippen LogP contribution is -2.22. The molecule has 0 fully saturated rings. The molecule has 0 aromatic heterocycles. The first-order valence-corrected chi connectivity index (χ1v) is 9.14. The summed E-state index contributed by atoms with van der Waals surface area (Å²) < 4.78 is 29.9. The van der Waals surface area contributed by atoms with Crippen molar-refractivity contribution in [1.29, 1.82) is 5.26 Å². The summed E-state index contributed by atoms with van der Waals surface area (Å²) in [4.78, 5) is 23.6. The van der Waals surface area contributed by atoms with E-state index in [4.69, 9.17) is 9.84 Å². The van der Waals surface area contributed by atoms with Crippen LogP contribution in [0.25, 0.3) is 6.08 Å². The Labute approximate surface area is 169 Å². The standard InChI is InChI=1S/C20H16F2N2O4S/c1-12(19(26)27)28-16-4-2-3-13(10-16)9-14(11-23)18(25)24-15-5-7-17(8-6-15)29-20(21)22/h2-10,12,20H,1H3,(H,24,25)(H,26,27)/b14-9-. The Morgan fingerprint density at radius 1 is 1.24 bits per heavy atom. The van der Waals surface area contributed by atoms with Crippen LogP contribution in [0.3, 0.4) is 0 Å². The normalized spacial score (nSPS) is 12.2. The third-order valence-corrected chi connectivity index (χ3v) is 4.25. The predicted molar refractivity (Wildman–Crippen MR) is 105 cm³/mol. The van der Waals surface area contributed by atoms with Crippen molar-refractivity contribution in [3.8, 4) is 11.8 Å². The summed E-state index contributed by atoms with van der Waals surface area (Å²) in [5, 5.41) is 20.7. The molecule has 0 saturated carbocycles. The molecule has 0 saturated heterocycles. The fourth-order valence-corrected chi connectivity index (χ4v) is 2.66. The summed E-state index contributed by atoms with van der Waals surface area (Å²) in [6.07, 6.45) is 0.272. The topological polar surface area (TPSA) is 99.4 Å². The van der Waals surface area contributed by atoms with Crippen molar-refractivity contribution in [2.45, 2.75) is 23.7 Å². The van der Waals surface area contributed by atoms with Gasteiger partial charge in [-0.15, -0.1) is 0 Å². The minimum atomic E-state index is -2.54. The lowest BCUT2D eigenvalue weighted by molar-refractivity contribution is -0.144. The number of thioether (sulfide) groups is 1. The number of nitrogens with one attached hydrogen (secondary N) is 1. The number of carboxylic acid groups (broad SMARTS) is 1. The van der Waals surface area contributed by atoms with Gasteiger partial charge in [0.15, 0.2) is 6.10 Å². The SMILES string of the molecule is CC(Oc1cccc(/C=C(/C#N)C(=O)Nc2ccc(SC(F)F)cc2)c1)C(=O)O. The van der Waals surface area contributed by atoms with Crippen LogP contribution in [0.1, 0.15) is 12.5 Å². The number of hydrogen-bond donors (Lipinski definition) is 2. The number of hydrogen-bond acceptors (Lipinski definition) is 5. The van der Waals surface area contributed by atoms with Crippen molar-refractivity contribution >= 4 is 35.4 Å². The lowest BCUT2D eigenvalue weighted by atomic mass is 10.1. The van der Waals surface area contributed by atoms with E-state index in [9.17, 15) is 23.6 Å². The quantitative estimate of drug-likeness (QED) is 0.375. The molecule has 0 aliphatic rings. The maximum Gasteiger partial charge on any atom is 0.344 e. The smallest absolute Gasteiger partial charge is 0.344 e. The highest BCUT2D eigenvalue weighted by molar-refractivity contribution is 7.99. The van der Waals surface area contributed by atoms with Gasteiger partial charge in [-0.1, -0.05) is 23.9 Å². The van der Waals surface area contributed by atoms with Crippen molar-refractivity contribution in [3.05, 3.63) is 59.7 Å². The Bertz CT molecular complexity index is 956. The summed E-state index contributed by atoms with van der Waals surface area (Å²) in [6.45, 7) is 1.38. The summed E-state index contributed by atoms with van der Waals surface area (Å²) in [6, 6.07) is 13.9. The number of aliphatic carboxylic acids is 1. The number of anilines is 1. The van der Waals surface area contributed by atoms with Crippen molar-refractivity contribution in [2.75, 3.05) is 5.32 Å². The number of rotatable bonds is 8. The molecule has 29 heavy (non-hydrogen) atoms. The molecule has 150 valence electrons. The van der Waals surface area contributed by atoms with E-state index in [-0.39, 0.29) is 11.3 Å². The Kier molecular flexibility index (Phi) is 7.74. The van der Waals surface area contributed by atoms with Crippen LogP contribution < -0.4 is 10.1 Å². The maximum absolute atomic E-state index is 12.3. The van der Waals surface area contributed by atoms with Crippen LogP contribution in [0.5, 0.6) is 5.75 Å². The van der Waals surface area contributed by atoms with Crippen molar-refractivity contribution < 1.29 is 28.2 Å². The first-order valence-electron chi connectivity index (χ1n) is 8.26. The van der Waals surface area contributed by atoms with Crippen LogP contribution in [0, 0.1) is 11.3 Å². The molecule has 0 bridgehead atoms. The molecule has 0 radical (unpaired) electrons. The highest BCUT2D eigenvalue weighted by Gasteiger charge is 2.13. The van der Waals surface area contributed by atoms with Crippen LogP contribution in [-0.4, -0.2) is 28.8 Å². The molecule has 9 heteroatoms. The monoisotopic (exact) mass is 418 g/mol. The molecule has 0 spiro atoms. The fraction of sp³-hybridized carbons (Fsp3) is 0.150. The molecule has 2 aromatic rings. The second-order valence-electron chi connectivity index (χ2n) is 5.70. The minimum Gasteiger partial charge on any atom is -0.479 e. The predicted octanol–water partition coefficient (Wildman–Crippen LogP) is 4.40. The van der Waals surface area contributed by atoms with Gasteiger partial charge >= 0.3 is 5.97 Å². The van der Waals surface area contributed by atoms with Gasteiger partial charge in [-0.25, -0.2) is 4.79 Å².